The highest BCUT2D eigenvalue weighted by molar-refractivity contribution is 9.10. The molecule has 0 amide bonds. The van der Waals surface area contributed by atoms with Crippen molar-refractivity contribution in [1.82, 2.24) is 4.98 Å². The molecule has 0 unspecified atom stereocenters. The Bertz CT molecular complexity index is 292. The minimum atomic E-state index is 0.283. The topological polar surface area (TPSA) is 52.0 Å². The molecule has 0 bridgehead atoms. The molecule has 1 rings (SSSR count). The van der Waals surface area contributed by atoms with Gasteiger partial charge in [-0.1, -0.05) is 11.6 Å². The van der Waals surface area contributed by atoms with E-state index in [0.29, 0.717) is 5.69 Å². The smallest absolute Gasteiger partial charge is 0.154 e. The summed E-state index contributed by atoms with van der Waals surface area (Å²) in [5.41, 5.74) is 0.696. The molecule has 0 atom stereocenters. The number of hydrogen-bond acceptors (Lipinski definition) is 1. The van der Waals surface area contributed by atoms with Crippen LogP contribution in [0.1, 0.15) is 5.69 Å². The van der Waals surface area contributed by atoms with Crippen molar-refractivity contribution in [3.05, 3.63) is 22.4 Å². The van der Waals surface area contributed by atoms with Gasteiger partial charge in [-0.15, -0.1) is 0 Å². The number of hydrogen-bond donors (Lipinski definition) is 2. The third-order valence-corrected chi connectivity index (χ3v) is 1.81. The largest absolute Gasteiger partial charge is 0.358 e. The summed E-state index contributed by atoms with van der Waals surface area (Å²) in [4.78, 5) is 6.46. The monoisotopic (exact) mass is 233 g/mol. The summed E-state index contributed by atoms with van der Waals surface area (Å²) in [7, 11) is 0. The van der Waals surface area contributed by atoms with E-state index < -0.39 is 0 Å². The fourth-order valence-electron chi connectivity index (χ4n) is 0.613. The number of aromatic nitrogens is 1. The normalized spacial score (nSPS) is 11.6. The highest BCUT2D eigenvalue weighted by Crippen LogP contribution is 2.12. The number of nitrogens with zero attached hydrogens (tertiary/aromatic N) is 1. The standard InChI is InChI=1S/C6H5BrClN3/c7-4-1-5(10-2-4)6(8)11-3-9/h1-3,9-10H/b9-3?,11-6+. The van der Waals surface area contributed by atoms with Gasteiger partial charge in [-0.2, -0.15) is 0 Å². The Morgan fingerprint density at radius 1 is 1.82 bits per heavy atom. The molecule has 58 valence electrons. The maximum Gasteiger partial charge on any atom is 0.154 e. The van der Waals surface area contributed by atoms with Gasteiger partial charge in [0.05, 0.1) is 5.69 Å². The molecule has 0 aliphatic carbocycles. The van der Waals surface area contributed by atoms with Crippen molar-refractivity contribution in [3.8, 4) is 0 Å². The first-order chi connectivity index (χ1) is 5.24. The van der Waals surface area contributed by atoms with Crippen LogP contribution in [0.5, 0.6) is 0 Å². The lowest BCUT2D eigenvalue weighted by Crippen LogP contribution is -1.90. The number of nitrogens with one attached hydrogen (secondary N) is 2. The van der Waals surface area contributed by atoms with Gasteiger partial charge in [0.1, 0.15) is 6.34 Å². The lowest BCUT2D eigenvalue weighted by atomic mass is 10.5. The van der Waals surface area contributed by atoms with Gasteiger partial charge in [-0.3, -0.25) is 5.41 Å². The first kappa shape index (κ1) is 8.49. The van der Waals surface area contributed by atoms with Crippen LogP contribution in [0, 0.1) is 5.41 Å². The zero-order chi connectivity index (χ0) is 8.27. The van der Waals surface area contributed by atoms with Crippen LogP contribution in [0.15, 0.2) is 21.7 Å². The van der Waals surface area contributed by atoms with Crippen molar-refractivity contribution < 1.29 is 0 Å². The van der Waals surface area contributed by atoms with Crippen molar-refractivity contribution in [2.24, 2.45) is 4.99 Å². The number of H-pyrrole nitrogens is 1. The third kappa shape index (κ3) is 2.17. The van der Waals surface area contributed by atoms with Crippen molar-refractivity contribution in [2.45, 2.75) is 0 Å². The van der Waals surface area contributed by atoms with E-state index in [1.807, 2.05) is 0 Å². The first-order valence-corrected chi connectivity index (χ1v) is 3.97. The predicted octanol–water partition coefficient (Wildman–Crippen LogP) is 2.37. The summed E-state index contributed by atoms with van der Waals surface area (Å²) in [5.74, 6) is 0. The van der Waals surface area contributed by atoms with Crippen LogP contribution in [0.25, 0.3) is 0 Å². The van der Waals surface area contributed by atoms with Crippen LogP contribution in [0.2, 0.25) is 0 Å². The molecule has 0 aliphatic rings. The molecule has 0 saturated heterocycles. The van der Waals surface area contributed by atoms with E-state index in [-0.39, 0.29) is 5.17 Å². The van der Waals surface area contributed by atoms with Crippen LogP contribution in [0.3, 0.4) is 0 Å². The van der Waals surface area contributed by atoms with Gasteiger partial charge in [0, 0.05) is 10.7 Å². The van der Waals surface area contributed by atoms with Crippen molar-refractivity contribution in [2.75, 3.05) is 0 Å². The minimum absolute atomic E-state index is 0.283. The maximum atomic E-state index is 6.67. The molecule has 0 fully saturated rings. The van der Waals surface area contributed by atoms with Crippen LogP contribution < -0.4 is 0 Å². The Morgan fingerprint density at radius 2 is 2.55 bits per heavy atom. The highest BCUT2D eigenvalue weighted by atomic mass is 79.9. The number of aliphatic imine (C=N–C) groups is 1. The van der Waals surface area contributed by atoms with Crippen LogP contribution in [0.4, 0.5) is 0 Å². The zero-order valence-electron chi connectivity index (χ0n) is 5.44. The second-order valence-corrected chi connectivity index (χ2v) is 3.05. The molecule has 3 nitrogen and oxygen atoms in total. The van der Waals surface area contributed by atoms with Crippen LogP contribution >= 0.6 is 27.5 Å². The van der Waals surface area contributed by atoms with E-state index in [9.17, 15) is 0 Å². The summed E-state index contributed by atoms with van der Waals surface area (Å²) in [6, 6.07) is 1.79. The van der Waals surface area contributed by atoms with Gasteiger partial charge in [0.25, 0.3) is 0 Å². The lowest BCUT2D eigenvalue weighted by Gasteiger charge is -1.87. The van der Waals surface area contributed by atoms with E-state index in [1.165, 1.54) is 0 Å². The fraction of sp³-hybridized carbons (Fsp3) is 0. The summed E-state index contributed by atoms with van der Waals surface area (Å²) in [6.45, 7) is 0. The number of halogens is 2. The second kappa shape index (κ2) is 3.69. The summed E-state index contributed by atoms with van der Waals surface area (Å²) in [6.07, 6.45) is 2.65. The molecule has 5 heteroatoms. The lowest BCUT2D eigenvalue weighted by molar-refractivity contribution is 1.37. The van der Waals surface area contributed by atoms with Crippen LogP contribution in [-0.2, 0) is 0 Å². The average Bonchev–Trinajstić information content (AvgIpc) is 2.36. The summed E-state index contributed by atoms with van der Waals surface area (Å²) < 4.78 is 0.908. The minimum Gasteiger partial charge on any atom is -0.358 e. The van der Waals surface area contributed by atoms with Gasteiger partial charge in [0.2, 0.25) is 0 Å². The summed E-state index contributed by atoms with van der Waals surface area (Å²) >= 11 is 8.92. The van der Waals surface area contributed by atoms with Gasteiger partial charge in [-0.05, 0) is 22.0 Å². The van der Waals surface area contributed by atoms with Gasteiger partial charge in [0.15, 0.2) is 5.17 Å². The van der Waals surface area contributed by atoms with Gasteiger partial charge >= 0.3 is 0 Å². The molecule has 0 spiro atoms. The Morgan fingerprint density at radius 3 is 3.00 bits per heavy atom. The number of rotatable bonds is 2. The first-order valence-electron chi connectivity index (χ1n) is 2.80. The van der Waals surface area contributed by atoms with Crippen molar-refractivity contribution in [3.63, 3.8) is 0 Å². The van der Waals surface area contributed by atoms with E-state index in [1.54, 1.807) is 12.3 Å². The molecule has 1 aromatic rings. The van der Waals surface area contributed by atoms with Crippen molar-refractivity contribution in [1.29, 1.82) is 5.41 Å². The summed E-state index contributed by atoms with van der Waals surface area (Å²) in [5, 5.41) is 6.95. The molecule has 1 heterocycles. The van der Waals surface area contributed by atoms with Crippen molar-refractivity contribution >= 4 is 39.0 Å². The molecule has 0 aliphatic heterocycles. The van der Waals surface area contributed by atoms with Gasteiger partial charge < -0.3 is 4.98 Å². The Labute approximate surface area is 77.1 Å². The van der Waals surface area contributed by atoms with E-state index in [2.05, 4.69) is 25.9 Å². The molecular formula is C6H5BrClN3. The zero-order valence-corrected chi connectivity index (χ0v) is 7.78. The van der Waals surface area contributed by atoms with E-state index in [4.69, 9.17) is 17.0 Å². The van der Waals surface area contributed by atoms with E-state index >= 15 is 0 Å². The Balaban J connectivity index is 2.93. The maximum absolute atomic E-state index is 6.67. The molecule has 11 heavy (non-hydrogen) atoms. The molecular weight excluding hydrogens is 229 g/mol. The Hall–Kier alpha value is -0.610. The average molecular weight is 234 g/mol. The molecule has 0 radical (unpaired) electrons. The molecule has 2 N–H and O–H groups in total. The Kier molecular flexibility index (Phi) is 2.84. The van der Waals surface area contributed by atoms with Gasteiger partial charge in [-0.25, -0.2) is 4.99 Å². The molecule has 0 aromatic carbocycles. The SMILES string of the molecule is N=C/N=C(/Cl)c1cc(Br)c[nH]1. The quantitative estimate of drug-likeness (QED) is 0.583. The molecule has 0 saturated carbocycles. The third-order valence-electron chi connectivity index (χ3n) is 1.05. The highest BCUT2D eigenvalue weighted by Gasteiger charge is 2.00. The number of aromatic amines is 1. The van der Waals surface area contributed by atoms with Crippen LogP contribution in [-0.4, -0.2) is 16.5 Å². The predicted molar refractivity (Wildman–Crippen MR) is 49.7 cm³/mol. The second-order valence-electron chi connectivity index (χ2n) is 1.78. The fourth-order valence-corrected chi connectivity index (χ4v) is 1.11. The van der Waals surface area contributed by atoms with E-state index in [0.717, 1.165) is 10.8 Å². The molecule has 1 aromatic heterocycles.